The van der Waals surface area contributed by atoms with E-state index < -0.39 is 0 Å². The van der Waals surface area contributed by atoms with Crippen molar-refractivity contribution < 1.29 is 5.11 Å². The van der Waals surface area contributed by atoms with Crippen molar-refractivity contribution >= 4 is 0 Å². The van der Waals surface area contributed by atoms with Crippen LogP contribution >= 0.6 is 0 Å². The quantitative estimate of drug-likeness (QED) is 0.598. The predicted molar refractivity (Wildman–Crippen MR) is 126 cm³/mol. The maximum Gasteiger partial charge on any atom is 0.0674 e. The average molecular weight is 425 g/mol. The van der Waals surface area contributed by atoms with Gasteiger partial charge in [-0.25, -0.2) is 0 Å². The zero-order chi connectivity index (χ0) is 22.2. The Morgan fingerprint density at radius 2 is 1.74 bits per heavy atom. The van der Waals surface area contributed by atoms with E-state index in [2.05, 4.69) is 41.5 Å². The Morgan fingerprint density at radius 1 is 1.00 bits per heavy atom. The van der Waals surface area contributed by atoms with Gasteiger partial charge in [0.1, 0.15) is 0 Å². The molecule has 1 saturated carbocycles. The molecule has 1 aromatic rings. The summed E-state index contributed by atoms with van der Waals surface area (Å²) in [5, 5.41) is 20.3. The minimum absolute atomic E-state index is 0.140. The first-order chi connectivity index (χ1) is 14.6. The SMILES string of the molecule is CC(C)CCC[C@@H](C)C1Cc2nnc3c4c2C1(C)CCC4C1(C)CCC(O)C[C@]1(C)C3. The number of hydrogen-bond acceptors (Lipinski definition) is 3. The van der Waals surface area contributed by atoms with Crippen LogP contribution in [0.5, 0.6) is 0 Å². The summed E-state index contributed by atoms with van der Waals surface area (Å²) in [4.78, 5) is 0. The van der Waals surface area contributed by atoms with Crippen molar-refractivity contribution in [2.45, 2.75) is 123 Å². The molecule has 3 nitrogen and oxygen atoms in total. The van der Waals surface area contributed by atoms with Gasteiger partial charge in [0, 0.05) is 0 Å². The zero-order valence-corrected chi connectivity index (χ0v) is 20.8. The van der Waals surface area contributed by atoms with Crippen molar-refractivity contribution in [3.63, 3.8) is 0 Å². The molecule has 1 aromatic heterocycles. The van der Waals surface area contributed by atoms with Crippen molar-refractivity contribution in [2.24, 2.45) is 28.6 Å². The molecule has 31 heavy (non-hydrogen) atoms. The van der Waals surface area contributed by atoms with Gasteiger partial charge in [0.2, 0.25) is 0 Å². The van der Waals surface area contributed by atoms with E-state index in [9.17, 15) is 5.11 Å². The van der Waals surface area contributed by atoms with Gasteiger partial charge in [-0.05, 0) is 96.0 Å². The van der Waals surface area contributed by atoms with Gasteiger partial charge >= 0.3 is 0 Å². The number of nitrogens with zero attached hydrogens (tertiary/aromatic N) is 2. The highest BCUT2D eigenvalue weighted by atomic mass is 16.3. The van der Waals surface area contributed by atoms with Gasteiger partial charge in [-0.15, -0.1) is 0 Å². The summed E-state index contributed by atoms with van der Waals surface area (Å²) >= 11 is 0. The second kappa shape index (κ2) is 7.27. The first kappa shape index (κ1) is 21.9. The highest BCUT2D eigenvalue weighted by Gasteiger charge is 2.61. The van der Waals surface area contributed by atoms with Crippen molar-refractivity contribution in [1.82, 2.24) is 10.2 Å². The molecular weight excluding hydrogens is 380 g/mol. The van der Waals surface area contributed by atoms with E-state index >= 15 is 0 Å². The molecule has 0 saturated heterocycles. The molecule has 7 atom stereocenters. The van der Waals surface area contributed by atoms with Crippen LogP contribution in [0.1, 0.15) is 121 Å². The van der Waals surface area contributed by atoms with Crippen LogP contribution < -0.4 is 0 Å². The summed E-state index contributed by atoms with van der Waals surface area (Å²) in [6.07, 6.45) is 11.7. The standard InChI is InChI=1S/C28H44N2O/c1-17(2)8-7-9-18(3)21-14-22-25-24-20(11-12-27(21,25)5)28(6)13-10-19(31)15-26(28,4)16-23(24)30-29-22/h17-21,31H,7-16H2,1-6H3/t18-,19?,20?,21?,26-,27?,28?/m1/s1. The molecule has 4 aliphatic carbocycles. The third kappa shape index (κ3) is 3.08. The Hall–Kier alpha value is -0.960. The predicted octanol–water partition coefficient (Wildman–Crippen LogP) is 6.36. The van der Waals surface area contributed by atoms with Gasteiger partial charge in [0.15, 0.2) is 0 Å². The van der Waals surface area contributed by atoms with Gasteiger partial charge < -0.3 is 5.11 Å². The molecule has 0 spiro atoms. The molecule has 5 rings (SSSR count). The van der Waals surface area contributed by atoms with Crippen LogP contribution in [0.4, 0.5) is 0 Å². The minimum Gasteiger partial charge on any atom is -0.393 e. The molecule has 0 amide bonds. The topological polar surface area (TPSA) is 46.0 Å². The number of rotatable bonds is 5. The summed E-state index contributed by atoms with van der Waals surface area (Å²) in [5.41, 5.74) is 6.54. The van der Waals surface area contributed by atoms with Crippen LogP contribution in [0.2, 0.25) is 0 Å². The summed E-state index contributed by atoms with van der Waals surface area (Å²) in [6, 6.07) is 0. The third-order valence-corrected chi connectivity index (χ3v) is 10.8. The molecular formula is C28H44N2O. The van der Waals surface area contributed by atoms with Crippen molar-refractivity contribution in [3.8, 4) is 0 Å². The van der Waals surface area contributed by atoms with Crippen LogP contribution in [0.15, 0.2) is 0 Å². The van der Waals surface area contributed by atoms with Crippen LogP contribution in [-0.2, 0) is 18.3 Å². The van der Waals surface area contributed by atoms with Gasteiger partial charge in [0.25, 0.3) is 0 Å². The van der Waals surface area contributed by atoms with E-state index in [-0.39, 0.29) is 22.3 Å². The fraction of sp³-hybridized carbons (Fsp3) is 0.857. The molecule has 0 aliphatic heterocycles. The summed E-state index contributed by atoms with van der Waals surface area (Å²) in [7, 11) is 0. The lowest BCUT2D eigenvalue weighted by Crippen LogP contribution is -2.54. The van der Waals surface area contributed by atoms with Crippen LogP contribution in [0.25, 0.3) is 0 Å². The Labute approximate surface area is 189 Å². The van der Waals surface area contributed by atoms with E-state index in [0.717, 1.165) is 43.9 Å². The van der Waals surface area contributed by atoms with Gasteiger partial charge in [-0.2, -0.15) is 10.2 Å². The largest absolute Gasteiger partial charge is 0.393 e. The van der Waals surface area contributed by atoms with Gasteiger partial charge in [0.05, 0.1) is 17.5 Å². The van der Waals surface area contributed by atoms with E-state index in [4.69, 9.17) is 10.2 Å². The molecule has 1 heterocycles. The molecule has 5 unspecified atom stereocenters. The fourth-order valence-corrected chi connectivity index (χ4v) is 8.71. The molecule has 4 aliphatic rings. The first-order valence-corrected chi connectivity index (χ1v) is 13.2. The summed E-state index contributed by atoms with van der Waals surface area (Å²) < 4.78 is 0. The fourth-order valence-electron chi connectivity index (χ4n) is 8.71. The Morgan fingerprint density at radius 3 is 2.48 bits per heavy atom. The van der Waals surface area contributed by atoms with Crippen LogP contribution in [0, 0.1) is 28.6 Å². The smallest absolute Gasteiger partial charge is 0.0674 e. The van der Waals surface area contributed by atoms with Crippen LogP contribution in [0.3, 0.4) is 0 Å². The van der Waals surface area contributed by atoms with Crippen molar-refractivity contribution in [3.05, 3.63) is 22.5 Å². The molecule has 0 aromatic carbocycles. The monoisotopic (exact) mass is 424 g/mol. The Balaban J connectivity index is 1.52. The number of aliphatic hydroxyl groups excluding tert-OH is 1. The van der Waals surface area contributed by atoms with E-state index in [1.807, 2.05) is 0 Å². The minimum atomic E-state index is -0.146. The Bertz CT molecular complexity index is 865. The first-order valence-electron chi connectivity index (χ1n) is 13.2. The molecule has 1 fully saturated rings. The number of hydrogen-bond donors (Lipinski definition) is 1. The lowest BCUT2D eigenvalue weighted by Gasteiger charge is -2.61. The summed E-state index contributed by atoms with van der Waals surface area (Å²) in [6.45, 7) is 14.7. The van der Waals surface area contributed by atoms with Crippen LogP contribution in [-0.4, -0.2) is 21.4 Å². The highest BCUT2D eigenvalue weighted by molar-refractivity contribution is 5.51. The zero-order valence-electron chi connectivity index (χ0n) is 20.8. The maximum absolute atomic E-state index is 10.5. The van der Waals surface area contributed by atoms with Gasteiger partial charge in [-0.3, -0.25) is 0 Å². The number of aromatic nitrogens is 2. The highest BCUT2D eigenvalue weighted by Crippen LogP contribution is 2.68. The lowest BCUT2D eigenvalue weighted by molar-refractivity contribution is -0.0782. The number of fused-ring (bicyclic) bond motifs is 2. The Kier molecular flexibility index (Phi) is 5.13. The lowest BCUT2D eigenvalue weighted by atomic mass is 9.44. The second-order valence-corrected chi connectivity index (χ2v) is 13.1. The molecule has 172 valence electrons. The van der Waals surface area contributed by atoms with E-state index in [0.29, 0.717) is 11.8 Å². The average Bonchev–Trinajstić information content (AvgIpc) is 3.00. The molecule has 0 radical (unpaired) electrons. The summed E-state index contributed by atoms with van der Waals surface area (Å²) in [5.74, 6) is 2.87. The van der Waals surface area contributed by atoms with E-state index in [1.165, 1.54) is 43.5 Å². The number of aliphatic hydroxyl groups is 1. The van der Waals surface area contributed by atoms with Crippen molar-refractivity contribution in [1.29, 1.82) is 0 Å². The maximum atomic E-state index is 10.5. The second-order valence-electron chi connectivity index (χ2n) is 13.1. The van der Waals surface area contributed by atoms with Crippen molar-refractivity contribution in [2.75, 3.05) is 0 Å². The third-order valence-electron chi connectivity index (χ3n) is 10.8. The van der Waals surface area contributed by atoms with E-state index in [1.54, 1.807) is 11.1 Å². The molecule has 0 bridgehead atoms. The van der Waals surface area contributed by atoms with Gasteiger partial charge in [-0.1, -0.05) is 60.8 Å². The normalized spacial score (nSPS) is 41.7. The molecule has 3 heteroatoms. The molecule has 1 N–H and O–H groups in total.